The lowest BCUT2D eigenvalue weighted by Gasteiger charge is -2.37. The molecule has 0 aliphatic heterocycles. The fourth-order valence-electron chi connectivity index (χ4n) is 2.87. The van der Waals surface area contributed by atoms with Gasteiger partial charge in [-0.3, -0.25) is 4.98 Å². The maximum atomic E-state index is 10.3. The Morgan fingerprint density at radius 1 is 1.04 bits per heavy atom. The van der Waals surface area contributed by atoms with E-state index in [4.69, 9.17) is 9.07 Å². The van der Waals surface area contributed by atoms with Crippen LogP contribution in [0, 0.1) is 0 Å². The van der Waals surface area contributed by atoms with Crippen LogP contribution in [0.5, 0.6) is 0 Å². The molecule has 5 heteroatoms. The summed E-state index contributed by atoms with van der Waals surface area (Å²) in [5, 5.41) is 13.4. The molecule has 0 aliphatic rings. The first kappa shape index (κ1) is 17.1. The molecule has 26 heavy (non-hydrogen) atoms. The van der Waals surface area contributed by atoms with Gasteiger partial charge in [-0.25, -0.2) is 0 Å². The number of benzene rings is 2. The van der Waals surface area contributed by atoms with Crippen LogP contribution in [-0.4, -0.2) is 28.8 Å². The van der Waals surface area contributed by atoms with Gasteiger partial charge < -0.3 is 14.2 Å². The second kappa shape index (κ2) is 5.83. The average Bonchev–Trinajstić information content (AvgIpc) is 2.95. The SMILES string of the molecule is CC(C)(O)C(C)(C)O[B]c1cccc2oc3cc4cccnc4cc3c12. The first-order chi connectivity index (χ1) is 12.3. The Labute approximate surface area is 153 Å². The largest absolute Gasteiger partial charge is 0.456 e. The zero-order chi connectivity index (χ0) is 18.5. The number of furan rings is 1. The minimum absolute atomic E-state index is 0.733. The van der Waals surface area contributed by atoms with Crippen molar-refractivity contribution in [3.63, 3.8) is 0 Å². The maximum Gasteiger partial charge on any atom is 0.331 e. The third-order valence-corrected chi connectivity index (χ3v) is 5.21. The molecule has 0 fully saturated rings. The average molecular weight is 346 g/mol. The second-order valence-electron chi connectivity index (χ2n) is 7.67. The molecule has 131 valence electrons. The Balaban J connectivity index is 1.84. The molecule has 2 aromatic heterocycles. The Kier molecular flexibility index (Phi) is 3.83. The van der Waals surface area contributed by atoms with Crippen LogP contribution in [0.2, 0.25) is 0 Å². The standard InChI is InChI=1S/C21H21BNO3/c1-20(2,24)21(3,4)26-22-15-8-5-9-17-19(15)14-12-16-13(7-6-10-23-16)11-18(14)25-17/h5-12,24H,1-4H3. The summed E-state index contributed by atoms with van der Waals surface area (Å²) < 4.78 is 12.0. The number of fused-ring (bicyclic) bond motifs is 4. The van der Waals surface area contributed by atoms with Crippen LogP contribution in [0.25, 0.3) is 32.8 Å². The third-order valence-electron chi connectivity index (χ3n) is 5.21. The van der Waals surface area contributed by atoms with Crippen LogP contribution < -0.4 is 5.46 Å². The number of aliphatic hydroxyl groups is 1. The molecule has 2 heterocycles. The topological polar surface area (TPSA) is 55.5 Å². The van der Waals surface area contributed by atoms with Crippen molar-refractivity contribution in [2.45, 2.75) is 38.9 Å². The van der Waals surface area contributed by atoms with E-state index in [0.29, 0.717) is 0 Å². The van der Waals surface area contributed by atoms with E-state index in [1.807, 2.05) is 50.2 Å². The quantitative estimate of drug-likeness (QED) is 0.569. The highest BCUT2D eigenvalue weighted by molar-refractivity contribution is 6.53. The Hall–Kier alpha value is -2.37. The van der Waals surface area contributed by atoms with Crippen molar-refractivity contribution < 1.29 is 14.2 Å². The number of hydrogen-bond acceptors (Lipinski definition) is 4. The normalized spacial score (nSPS) is 13.0. The minimum atomic E-state index is -0.976. The van der Waals surface area contributed by atoms with Gasteiger partial charge in [0.25, 0.3) is 0 Å². The van der Waals surface area contributed by atoms with E-state index < -0.39 is 11.2 Å². The van der Waals surface area contributed by atoms with Gasteiger partial charge in [0.05, 0.1) is 16.7 Å². The van der Waals surface area contributed by atoms with Crippen molar-refractivity contribution in [2.24, 2.45) is 0 Å². The van der Waals surface area contributed by atoms with E-state index in [2.05, 4.69) is 11.1 Å². The fourth-order valence-corrected chi connectivity index (χ4v) is 2.87. The van der Waals surface area contributed by atoms with Crippen molar-refractivity contribution in [1.82, 2.24) is 4.98 Å². The molecule has 4 nitrogen and oxygen atoms in total. The van der Waals surface area contributed by atoms with Crippen LogP contribution in [0.15, 0.2) is 53.1 Å². The summed E-state index contributed by atoms with van der Waals surface area (Å²) in [5.74, 6) is 0. The first-order valence-electron chi connectivity index (χ1n) is 8.70. The zero-order valence-electron chi connectivity index (χ0n) is 15.4. The number of pyridine rings is 1. The fraction of sp³-hybridized carbons (Fsp3) is 0.286. The van der Waals surface area contributed by atoms with E-state index in [-0.39, 0.29) is 0 Å². The number of aromatic nitrogens is 1. The Morgan fingerprint density at radius 2 is 1.85 bits per heavy atom. The smallest absolute Gasteiger partial charge is 0.331 e. The van der Waals surface area contributed by atoms with Gasteiger partial charge in [0.1, 0.15) is 11.2 Å². The molecular formula is C21H21BNO3. The molecular weight excluding hydrogens is 325 g/mol. The van der Waals surface area contributed by atoms with E-state index in [1.165, 1.54) is 0 Å². The van der Waals surface area contributed by atoms with Gasteiger partial charge in [-0.1, -0.05) is 18.2 Å². The summed E-state index contributed by atoms with van der Waals surface area (Å²) in [6.45, 7) is 7.22. The summed E-state index contributed by atoms with van der Waals surface area (Å²) in [4.78, 5) is 4.45. The minimum Gasteiger partial charge on any atom is -0.456 e. The van der Waals surface area contributed by atoms with Crippen molar-refractivity contribution in [1.29, 1.82) is 0 Å². The summed E-state index contributed by atoms with van der Waals surface area (Å²) in [6, 6.07) is 13.9. The lowest BCUT2D eigenvalue weighted by molar-refractivity contribution is -0.0893. The highest BCUT2D eigenvalue weighted by atomic mass is 16.5. The lowest BCUT2D eigenvalue weighted by Crippen LogP contribution is -2.49. The predicted octanol–water partition coefficient (Wildman–Crippen LogP) is 3.94. The molecule has 0 atom stereocenters. The van der Waals surface area contributed by atoms with Gasteiger partial charge in [0, 0.05) is 22.4 Å². The highest BCUT2D eigenvalue weighted by Gasteiger charge is 2.36. The van der Waals surface area contributed by atoms with Crippen LogP contribution in [-0.2, 0) is 4.65 Å². The molecule has 0 saturated heterocycles. The molecule has 0 unspecified atom stereocenters. The van der Waals surface area contributed by atoms with Crippen LogP contribution >= 0.6 is 0 Å². The zero-order valence-corrected chi connectivity index (χ0v) is 15.4. The number of nitrogens with zero attached hydrogens (tertiary/aromatic N) is 1. The summed E-state index contributed by atoms with van der Waals surface area (Å²) in [5.41, 5.74) is 1.75. The van der Waals surface area contributed by atoms with Gasteiger partial charge in [-0.15, -0.1) is 0 Å². The predicted molar refractivity (Wildman–Crippen MR) is 106 cm³/mol. The number of hydrogen-bond donors (Lipinski definition) is 1. The third kappa shape index (κ3) is 2.77. The van der Waals surface area contributed by atoms with Crippen LogP contribution in [0.1, 0.15) is 27.7 Å². The van der Waals surface area contributed by atoms with Gasteiger partial charge in [0.15, 0.2) is 0 Å². The van der Waals surface area contributed by atoms with E-state index >= 15 is 0 Å². The maximum absolute atomic E-state index is 10.3. The Bertz CT molecular complexity index is 1110. The lowest BCUT2D eigenvalue weighted by atomic mass is 9.80. The van der Waals surface area contributed by atoms with Crippen LogP contribution in [0.4, 0.5) is 0 Å². The van der Waals surface area contributed by atoms with Crippen molar-refractivity contribution in [2.75, 3.05) is 0 Å². The van der Waals surface area contributed by atoms with Gasteiger partial charge >= 0.3 is 7.48 Å². The Morgan fingerprint density at radius 3 is 2.62 bits per heavy atom. The highest BCUT2D eigenvalue weighted by Crippen LogP contribution is 2.31. The van der Waals surface area contributed by atoms with Crippen LogP contribution in [0.3, 0.4) is 0 Å². The molecule has 1 N–H and O–H groups in total. The number of rotatable bonds is 4. The molecule has 0 saturated carbocycles. The molecule has 4 rings (SSSR count). The van der Waals surface area contributed by atoms with E-state index in [0.717, 1.165) is 38.3 Å². The summed E-state index contributed by atoms with van der Waals surface area (Å²) in [6.07, 6.45) is 1.79. The molecule has 0 aliphatic carbocycles. The van der Waals surface area contributed by atoms with E-state index in [9.17, 15) is 5.11 Å². The molecule has 4 aromatic rings. The van der Waals surface area contributed by atoms with Gasteiger partial charge in [-0.05, 0) is 57.4 Å². The van der Waals surface area contributed by atoms with Crippen molar-refractivity contribution in [3.8, 4) is 0 Å². The monoisotopic (exact) mass is 346 g/mol. The summed E-state index contributed by atoms with van der Waals surface area (Å²) >= 11 is 0. The van der Waals surface area contributed by atoms with Gasteiger partial charge in [-0.2, -0.15) is 0 Å². The van der Waals surface area contributed by atoms with E-state index in [1.54, 1.807) is 27.5 Å². The molecule has 0 spiro atoms. The molecule has 1 radical (unpaired) electrons. The van der Waals surface area contributed by atoms with Gasteiger partial charge in [0.2, 0.25) is 0 Å². The molecule has 2 aromatic carbocycles. The van der Waals surface area contributed by atoms with Crippen molar-refractivity contribution in [3.05, 3.63) is 48.7 Å². The van der Waals surface area contributed by atoms with Crippen molar-refractivity contribution >= 4 is 45.8 Å². The first-order valence-corrected chi connectivity index (χ1v) is 8.70. The molecule has 0 bridgehead atoms. The second-order valence-corrected chi connectivity index (χ2v) is 7.67. The summed E-state index contributed by atoms with van der Waals surface area (Å²) in [7, 11) is 1.71. The molecule has 0 amide bonds.